The van der Waals surface area contributed by atoms with E-state index in [9.17, 15) is 8.42 Å². The van der Waals surface area contributed by atoms with E-state index < -0.39 is 10.0 Å². The molecule has 1 aliphatic heterocycles. The summed E-state index contributed by atoms with van der Waals surface area (Å²) in [5, 5.41) is 3.23. The Bertz CT molecular complexity index is 607. The molecule has 1 aliphatic rings. The van der Waals surface area contributed by atoms with E-state index in [2.05, 4.69) is 15.3 Å². The molecular weight excluding hydrogens is 300 g/mol. The summed E-state index contributed by atoms with van der Waals surface area (Å²) in [7, 11) is -3.11. The van der Waals surface area contributed by atoms with Crippen LogP contribution in [0.5, 0.6) is 0 Å². The largest absolute Gasteiger partial charge is 0.354 e. The Kier molecular flexibility index (Phi) is 5.39. The first-order valence-corrected chi connectivity index (χ1v) is 9.66. The standard InChI is InChI=1S/C15H26N4O2S/c1-11-12(2)17-15(18-13(11)3)16-9-8-14-7-5-6-10-19(14)22(4,20)21/h14H,5-10H2,1-4H3,(H,16,17,18). The molecule has 7 heteroatoms. The Morgan fingerprint density at radius 1 is 1.18 bits per heavy atom. The van der Waals surface area contributed by atoms with Gasteiger partial charge in [0.25, 0.3) is 0 Å². The highest BCUT2D eigenvalue weighted by Crippen LogP contribution is 2.22. The van der Waals surface area contributed by atoms with Gasteiger partial charge in [-0.05, 0) is 45.6 Å². The number of nitrogens with zero attached hydrogens (tertiary/aromatic N) is 3. The highest BCUT2D eigenvalue weighted by atomic mass is 32.2. The zero-order chi connectivity index (χ0) is 16.3. The lowest BCUT2D eigenvalue weighted by Crippen LogP contribution is -2.43. The highest BCUT2D eigenvalue weighted by Gasteiger charge is 2.28. The third-order valence-electron chi connectivity index (χ3n) is 4.39. The van der Waals surface area contributed by atoms with Crippen molar-refractivity contribution in [2.24, 2.45) is 0 Å². The first-order chi connectivity index (χ1) is 10.3. The maximum atomic E-state index is 11.8. The van der Waals surface area contributed by atoms with Crippen molar-refractivity contribution in [2.75, 3.05) is 24.7 Å². The van der Waals surface area contributed by atoms with Crippen molar-refractivity contribution in [3.63, 3.8) is 0 Å². The molecule has 2 heterocycles. The van der Waals surface area contributed by atoms with Crippen LogP contribution in [-0.4, -0.2) is 48.1 Å². The zero-order valence-electron chi connectivity index (χ0n) is 13.9. The van der Waals surface area contributed by atoms with Crippen molar-refractivity contribution >= 4 is 16.0 Å². The normalized spacial score (nSPS) is 20.1. The minimum atomic E-state index is -3.11. The summed E-state index contributed by atoms with van der Waals surface area (Å²) in [6.45, 7) is 7.28. The molecule has 0 aromatic carbocycles. The Labute approximate surface area is 133 Å². The van der Waals surface area contributed by atoms with E-state index in [1.807, 2.05) is 20.8 Å². The molecule has 0 radical (unpaired) electrons. The lowest BCUT2D eigenvalue weighted by molar-refractivity contribution is 0.246. The molecule has 0 bridgehead atoms. The summed E-state index contributed by atoms with van der Waals surface area (Å²) in [4.78, 5) is 8.86. The van der Waals surface area contributed by atoms with Gasteiger partial charge < -0.3 is 5.32 Å². The van der Waals surface area contributed by atoms with Crippen LogP contribution in [0, 0.1) is 20.8 Å². The predicted molar refractivity (Wildman–Crippen MR) is 88.5 cm³/mol. The van der Waals surface area contributed by atoms with Crippen LogP contribution in [0.4, 0.5) is 5.95 Å². The summed E-state index contributed by atoms with van der Waals surface area (Å²) in [5.41, 5.74) is 3.07. The predicted octanol–water partition coefficient (Wildman–Crippen LogP) is 2.02. The Balaban J connectivity index is 1.95. The van der Waals surface area contributed by atoms with Crippen LogP contribution in [0.2, 0.25) is 0 Å². The van der Waals surface area contributed by atoms with Crippen molar-refractivity contribution in [1.82, 2.24) is 14.3 Å². The molecular formula is C15H26N4O2S. The number of anilines is 1. The topological polar surface area (TPSA) is 75.2 Å². The second kappa shape index (κ2) is 6.91. The van der Waals surface area contributed by atoms with Crippen molar-refractivity contribution in [3.05, 3.63) is 17.0 Å². The molecule has 1 saturated heterocycles. The van der Waals surface area contributed by atoms with E-state index >= 15 is 0 Å². The molecule has 0 aliphatic carbocycles. The quantitative estimate of drug-likeness (QED) is 0.896. The van der Waals surface area contributed by atoms with Crippen LogP contribution in [0.3, 0.4) is 0 Å². The molecule has 1 N–H and O–H groups in total. The number of rotatable bonds is 5. The Hall–Kier alpha value is -1.21. The summed E-state index contributed by atoms with van der Waals surface area (Å²) in [5.74, 6) is 0.627. The zero-order valence-corrected chi connectivity index (χ0v) is 14.7. The van der Waals surface area contributed by atoms with E-state index in [1.54, 1.807) is 4.31 Å². The third kappa shape index (κ3) is 4.16. The van der Waals surface area contributed by atoms with Crippen LogP contribution in [0.25, 0.3) is 0 Å². The van der Waals surface area contributed by atoms with Crippen LogP contribution in [0.15, 0.2) is 0 Å². The molecule has 1 aromatic rings. The summed E-state index contributed by atoms with van der Waals surface area (Å²) in [6.07, 6.45) is 5.06. The fourth-order valence-electron chi connectivity index (χ4n) is 2.90. The van der Waals surface area contributed by atoms with E-state index in [0.29, 0.717) is 19.0 Å². The average molecular weight is 326 g/mol. The molecule has 1 unspecified atom stereocenters. The van der Waals surface area contributed by atoms with Crippen LogP contribution < -0.4 is 5.32 Å². The van der Waals surface area contributed by atoms with Crippen LogP contribution in [0.1, 0.15) is 42.6 Å². The molecule has 0 spiro atoms. The summed E-state index contributed by atoms with van der Waals surface area (Å²) in [6, 6.07) is 0.0869. The molecule has 1 fully saturated rings. The molecule has 124 valence electrons. The van der Waals surface area contributed by atoms with Gasteiger partial charge in [-0.2, -0.15) is 4.31 Å². The smallest absolute Gasteiger partial charge is 0.223 e. The second-order valence-corrected chi connectivity index (χ2v) is 8.02. The minimum absolute atomic E-state index is 0.0869. The Morgan fingerprint density at radius 3 is 2.41 bits per heavy atom. The summed E-state index contributed by atoms with van der Waals surface area (Å²) >= 11 is 0. The molecule has 0 amide bonds. The number of aromatic nitrogens is 2. The lowest BCUT2D eigenvalue weighted by atomic mass is 10.0. The van der Waals surface area contributed by atoms with Crippen molar-refractivity contribution in [1.29, 1.82) is 0 Å². The number of sulfonamides is 1. The van der Waals surface area contributed by atoms with Gasteiger partial charge in [0, 0.05) is 30.5 Å². The SMILES string of the molecule is Cc1nc(NCCC2CCCCN2S(C)(=O)=O)nc(C)c1C. The lowest BCUT2D eigenvalue weighted by Gasteiger charge is -2.33. The van der Waals surface area contributed by atoms with E-state index in [4.69, 9.17) is 0 Å². The van der Waals surface area contributed by atoms with Crippen molar-refractivity contribution in [2.45, 2.75) is 52.5 Å². The fraction of sp³-hybridized carbons (Fsp3) is 0.733. The maximum absolute atomic E-state index is 11.8. The molecule has 0 saturated carbocycles. The molecule has 1 atom stereocenters. The monoisotopic (exact) mass is 326 g/mol. The van der Waals surface area contributed by atoms with E-state index in [-0.39, 0.29) is 6.04 Å². The fourth-order valence-corrected chi connectivity index (χ4v) is 4.11. The Morgan fingerprint density at radius 2 is 1.82 bits per heavy atom. The first-order valence-electron chi connectivity index (χ1n) is 7.81. The minimum Gasteiger partial charge on any atom is -0.354 e. The number of piperidine rings is 1. The van der Waals surface area contributed by atoms with E-state index in [0.717, 1.165) is 42.6 Å². The number of nitrogens with one attached hydrogen (secondary N) is 1. The van der Waals surface area contributed by atoms with Crippen molar-refractivity contribution in [3.8, 4) is 0 Å². The molecule has 6 nitrogen and oxygen atoms in total. The van der Waals surface area contributed by atoms with E-state index in [1.165, 1.54) is 6.26 Å². The highest BCUT2D eigenvalue weighted by molar-refractivity contribution is 7.88. The van der Waals surface area contributed by atoms with Crippen molar-refractivity contribution < 1.29 is 8.42 Å². The van der Waals surface area contributed by atoms with Gasteiger partial charge in [0.2, 0.25) is 16.0 Å². The maximum Gasteiger partial charge on any atom is 0.223 e. The number of aryl methyl sites for hydroxylation is 2. The van der Waals surface area contributed by atoms with Gasteiger partial charge in [-0.3, -0.25) is 0 Å². The van der Waals surface area contributed by atoms with Gasteiger partial charge >= 0.3 is 0 Å². The van der Waals surface area contributed by atoms with Gasteiger partial charge in [-0.15, -0.1) is 0 Å². The summed E-state index contributed by atoms with van der Waals surface area (Å²) < 4.78 is 25.3. The third-order valence-corrected chi connectivity index (χ3v) is 5.73. The van der Waals surface area contributed by atoms with Gasteiger partial charge in [-0.25, -0.2) is 18.4 Å². The van der Waals surface area contributed by atoms with Crippen LogP contribution in [-0.2, 0) is 10.0 Å². The van der Waals surface area contributed by atoms with Gasteiger partial charge in [-0.1, -0.05) is 6.42 Å². The van der Waals surface area contributed by atoms with Gasteiger partial charge in [0.15, 0.2) is 0 Å². The van der Waals surface area contributed by atoms with Gasteiger partial charge in [0.05, 0.1) is 6.26 Å². The molecule has 22 heavy (non-hydrogen) atoms. The number of hydrogen-bond acceptors (Lipinski definition) is 5. The first kappa shape index (κ1) is 17.1. The van der Waals surface area contributed by atoms with Crippen LogP contribution >= 0.6 is 0 Å². The second-order valence-electron chi connectivity index (χ2n) is 6.08. The number of hydrogen-bond donors (Lipinski definition) is 1. The molecule has 1 aromatic heterocycles. The van der Waals surface area contributed by atoms with Gasteiger partial charge in [0.1, 0.15) is 0 Å². The molecule has 2 rings (SSSR count). The average Bonchev–Trinajstić information content (AvgIpc) is 2.44.